The molecule has 2 rings (SSSR count). The molecular formula is C8H11N5S. The molecule has 1 aliphatic rings. The first-order chi connectivity index (χ1) is 6.83. The molecule has 0 bridgehead atoms. The average molecular weight is 209 g/mol. The lowest BCUT2D eigenvalue weighted by Gasteiger charge is -2.00. The van der Waals surface area contributed by atoms with Crippen LogP contribution in [0.15, 0.2) is 5.16 Å². The number of rotatable bonds is 4. The third-order valence-electron chi connectivity index (χ3n) is 2.08. The fraction of sp³-hybridized carbons (Fsp3) is 0.625. The topological polar surface area (TPSA) is 80.5 Å². The Balaban J connectivity index is 2.00. The van der Waals surface area contributed by atoms with Crippen molar-refractivity contribution >= 4 is 11.8 Å². The number of nitrogen functional groups attached to an aromatic ring is 1. The van der Waals surface area contributed by atoms with E-state index in [1.165, 1.54) is 11.8 Å². The van der Waals surface area contributed by atoms with Crippen molar-refractivity contribution < 1.29 is 0 Å². The van der Waals surface area contributed by atoms with Crippen molar-refractivity contribution in [2.75, 3.05) is 11.6 Å². The first kappa shape index (κ1) is 9.34. The van der Waals surface area contributed by atoms with Crippen molar-refractivity contribution in [1.29, 1.82) is 5.26 Å². The molecule has 0 radical (unpaired) electrons. The van der Waals surface area contributed by atoms with Gasteiger partial charge < -0.3 is 5.84 Å². The highest BCUT2D eigenvalue weighted by Crippen LogP contribution is 2.39. The Morgan fingerprint density at radius 2 is 2.36 bits per heavy atom. The monoisotopic (exact) mass is 209 g/mol. The highest BCUT2D eigenvalue weighted by Gasteiger charge is 2.29. The SMILES string of the molecule is N#CCCSc1nnc(C2CC2)n1N. The number of aromatic nitrogens is 3. The van der Waals surface area contributed by atoms with Crippen molar-refractivity contribution in [3.05, 3.63) is 5.82 Å². The van der Waals surface area contributed by atoms with Crippen LogP contribution < -0.4 is 5.84 Å². The first-order valence-electron chi connectivity index (χ1n) is 4.53. The molecule has 0 aromatic carbocycles. The lowest BCUT2D eigenvalue weighted by atomic mass is 10.4. The summed E-state index contributed by atoms with van der Waals surface area (Å²) < 4.78 is 1.56. The molecular weight excluding hydrogens is 198 g/mol. The standard InChI is InChI=1S/C8H11N5S/c9-4-1-5-14-8-12-11-7(13(8)10)6-2-3-6/h6H,1-3,5,10H2. The minimum Gasteiger partial charge on any atom is -0.336 e. The van der Waals surface area contributed by atoms with Gasteiger partial charge in [0.05, 0.1) is 6.07 Å². The normalized spacial score (nSPS) is 15.4. The van der Waals surface area contributed by atoms with Gasteiger partial charge in [-0.2, -0.15) is 5.26 Å². The maximum Gasteiger partial charge on any atom is 0.209 e. The van der Waals surface area contributed by atoms with E-state index in [1.807, 2.05) is 0 Å². The van der Waals surface area contributed by atoms with Gasteiger partial charge in [-0.05, 0) is 12.8 Å². The summed E-state index contributed by atoms with van der Waals surface area (Å²) in [7, 11) is 0. The maximum absolute atomic E-state index is 8.38. The first-order valence-corrected chi connectivity index (χ1v) is 5.51. The van der Waals surface area contributed by atoms with Gasteiger partial charge in [0.1, 0.15) is 0 Å². The van der Waals surface area contributed by atoms with Crippen LogP contribution in [0.1, 0.15) is 31.0 Å². The van der Waals surface area contributed by atoms with Gasteiger partial charge in [-0.1, -0.05) is 11.8 Å². The number of nitriles is 1. The van der Waals surface area contributed by atoms with E-state index in [1.54, 1.807) is 4.68 Å². The molecule has 1 aromatic rings. The largest absolute Gasteiger partial charge is 0.336 e. The smallest absolute Gasteiger partial charge is 0.209 e. The molecule has 14 heavy (non-hydrogen) atoms. The number of hydrogen-bond donors (Lipinski definition) is 1. The summed E-state index contributed by atoms with van der Waals surface area (Å²) in [6.45, 7) is 0. The predicted molar refractivity (Wildman–Crippen MR) is 53.1 cm³/mol. The zero-order chi connectivity index (χ0) is 9.97. The van der Waals surface area contributed by atoms with E-state index >= 15 is 0 Å². The Morgan fingerprint density at radius 3 is 3.00 bits per heavy atom. The van der Waals surface area contributed by atoms with Crippen molar-refractivity contribution in [3.8, 4) is 6.07 Å². The fourth-order valence-electron chi connectivity index (χ4n) is 1.19. The summed E-state index contributed by atoms with van der Waals surface area (Å²) in [6.07, 6.45) is 2.84. The molecule has 0 atom stereocenters. The van der Waals surface area contributed by atoms with Crippen LogP contribution in [-0.4, -0.2) is 20.6 Å². The predicted octanol–water partition coefficient (Wildman–Crippen LogP) is 0.875. The lowest BCUT2D eigenvalue weighted by molar-refractivity contribution is 0.790. The zero-order valence-electron chi connectivity index (χ0n) is 7.68. The summed E-state index contributed by atoms with van der Waals surface area (Å²) in [4.78, 5) is 0. The van der Waals surface area contributed by atoms with Crippen LogP contribution in [0, 0.1) is 11.3 Å². The van der Waals surface area contributed by atoms with Crippen LogP contribution in [0.3, 0.4) is 0 Å². The molecule has 6 heteroatoms. The van der Waals surface area contributed by atoms with Crippen LogP contribution in [0.25, 0.3) is 0 Å². The highest BCUT2D eigenvalue weighted by molar-refractivity contribution is 7.99. The quantitative estimate of drug-likeness (QED) is 0.452. The van der Waals surface area contributed by atoms with Gasteiger partial charge in [0, 0.05) is 18.1 Å². The molecule has 1 saturated carbocycles. The second-order valence-electron chi connectivity index (χ2n) is 3.24. The van der Waals surface area contributed by atoms with E-state index in [4.69, 9.17) is 11.1 Å². The third kappa shape index (κ3) is 1.82. The van der Waals surface area contributed by atoms with Crippen LogP contribution in [0.4, 0.5) is 0 Å². The lowest BCUT2D eigenvalue weighted by Crippen LogP contribution is -2.13. The van der Waals surface area contributed by atoms with Crippen LogP contribution in [0.2, 0.25) is 0 Å². The molecule has 0 aliphatic heterocycles. The number of nitrogens with two attached hydrogens (primary N) is 1. The van der Waals surface area contributed by atoms with Gasteiger partial charge >= 0.3 is 0 Å². The Hall–Kier alpha value is -1.22. The second kappa shape index (κ2) is 3.88. The molecule has 1 aliphatic carbocycles. The molecule has 2 N–H and O–H groups in total. The van der Waals surface area contributed by atoms with Crippen LogP contribution >= 0.6 is 11.8 Å². The molecule has 1 heterocycles. The highest BCUT2D eigenvalue weighted by atomic mass is 32.2. The third-order valence-corrected chi connectivity index (χ3v) is 3.02. The van der Waals surface area contributed by atoms with Crippen molar-refractivity contribution in [2.24, 2.45) is 0 Å². The minimum atomic E-state index is 0.510. The van der Waals surface area contributed by atoms with Crippen LogP contribution in [-0.2, 0) is 0 Å². The summed E-state index contributed by atoms with van der Waals surface area (Å²) in [5.74, 6) is 7.92. The zero-order valence-corrected chi connectivity index (χ0v) is 8.50. The van der Waals surface area contributed by atoms with Gasteiger partial charge in [-0.3, -0.25) is 0 Å². The summed E-state index contributed by atoms with van der Waals surface area (Å²) in [5, 5.41) is 17.1. The summed E-state index contributed by atoms with van der Waals surface area (Å²) >= 11 is 1.48. The minimum absolute atomic E-state index is 0.510. The second-order valence-corrected chi connectivity index (χ2v) is 4.30. The molecule has 0 unspecified atom stereocenters. The van der Waals surface area contributed by atoms with Crippen molar-refractivity contribution in [3.63, 3.8) is 0 Å². The van der Waals surface area contributed by atoms with E-state index < -0.39 is 0 Å². The molecule has 1 aromatic heterocycles. The molecule has 5 nitrogen and oxygen atoms in total. The molecule has 0 saturated heterocycles. The fourth-order valence-corrected chi connectivity index (χ4v) is 1.90. The Labute approximate surface area is 86.3 Å². The van der Waals surface area contributed by atoms with Gasteiger partial charge in [-0.15, -0.1) is 10.2 Å². The van der Waals surface area contributed by atoms with E-state index in [0.29, 0.717) is 17.5 Å². The van der Waals surface area contributed by atoms with E-state index in [-0.39, 0.29) is 0 Å². The Bertz CT molecular complexity index is 362. The molecule has 1 fully saturated rings. The summed E-state index contributed by atoms with van der Waals surface area (Å²) in [6, 6.07) is 2.08. The van der Waals surface area contributed by atoms with E-state index in [9.17, 15) is 0 Å². The van der Waals surface area contributed by atoms with Gasteiger partial charge in [0.15, 0.2) is 5.82 Å². The van der Waals surface area contributed by atoms with Gasteiger partial charge in [-0.25, -0.2) is 4.68 Å². The van der Waals surface area contributed by atoms with Gasteiger partial charge in [0.2, 0.25) is 5.16 Å². The average Bonchev–Trinajstić information content (AvgIpc) is 2.95. The molecule has 74 valence electrons. The van der Waals surface area contributed by atoms with E-state index in [0.717, 1.165) is 24.4 Å². The van der Waals surface area contributed by atoms with Crippen LogP contribution in [0.5, 0.6) is 0 Å². The molecule has 0 spiro atoms. The number of nitrogens with zero attached hydrogens (tertiary/aromatic N) is 4. The van der Waals surface area contributed by atoms with E-state index in [2.05, 4.69) is 16.3 Å². The van der Waals surface area contributed by atoms with Crippen molar-refractivity contribution in [1.82, 2.24) is 14.9 Å². The van der Waals surface area contributed by atoms with Gasteiger partial charge in [0.25, 0.3) is 0 Å². The maximum atomic E-state index is 8.38. The van der Waals surface area contributed by atoms with Crippen molar-refractivity contribution in [2.45, 2.75) is 30.3 Å². The number of thioether (sulfide) groups is 1. The Morgan fingerprint density at radius 1 is 1.57 bits per heavy atom. The number of hydrogen-bond acceptors (Lipinski definition) is 5. The summed E-state index contributed by atoms with van der Waals surface area (Å²) in [5.41, 5.74) is 0. The molecule has 0 amide bonds. The Kier molecular flexibility index (Phi) is 2.59.